The molecule has 1 fully saturated rings. The zero-order valence-corrected chi connectivity index (χ0v) is 6.72. The van der Waals surface area contributed by atoms with Gasteiger partial charge in [-0.05, 0) is 6.42 Å². The molecule has 0 unspecified atom stereocenters. The number of hydrogen-bond donors (Lipinski definition) is 5. The molecule has 5 nitrogen and oxygen atoms in total. The lowest BCUT2D eigenvalue weighted by molar-refractivity contribution is -0.0965. The maximum atomic E-state index is 9.36. The predicted molar refractivity (Wildman–Crippen MR) is 41.5 cm³/mol. The van der Waals surface area contributed by atoms with Gasteiger partial charge >= 0.3 is 0 Å². The third-order valence-electron chi connectivity index (χ3n) is 2.19. The summed E-state index contributed by atoms with van der Waals surface area (Å²) >= 11 is 0. The van der Waals surface area contributed by atoms with Gasteiger partial charge < -0.3 is 25.7 Å². The van der Waals surface area contributed by atoms with Crippen LogP contribution < -0.4 is 5.32 Å². The highest BCUT2D eigenvalue weighted by molar-refractivity contribution is 4.91. The molecular weight excluding hydrogens is 162 g/mol. The van der Waals surface area contributed by atoms with Crippen LogP contribution in [0.4, 0.5) is 0 Å². The van der Waals surface area contributed by atoms with Crippen molar-refractivity contribution >= 4 is 0 Å². The van der Waals surface area contributed by atoms with E-state index < -0.39 is 18.3 Å². The largest absolute Gasteiger partial charge is 0.396 e. The van der Waals surface area contributed by atoms with Crippen LogP contribution in [0.3, 0.4) is 0 Å². The highest BCUT2D eigenvalue weighted by atomic mass is 16.4. The van der Waals surface area contributed by atoms with Crippen molar-refractivity contribution in [1.29, 1.82) is 0 Å². The molecule has 12 heavy (non-hydrogen) atoms. The first-order valence-corrected chi connectivity index (χ1v) is 4.05. The van der Waals surface area contributed by atoms with E-state index in [1.54, 1.807) is 0 Å². The van der Waals surface area contributed by atoms with Gasteiger partial charge in [-0.3, -0.25) is 0 Å². The van der Waals surface area contributed by atoms with Crippen molar-refractivity contribution < 1.29 is 20.4 Å². The Morgan fingerprint density at radius 3 is 2.42 bits per heavy atom. The van der Waals surface area contributed by atoms with Crippen LogP contribution in [-0.4, -0.2) is 57.9 Å². The second kappa shape index (κ2) is 4.15. The first kappa shape index (κ1) is 9.88. The highest BCUT2D eigenvalue weighted by Gasteiger charge is 2.35. The third-order valence-corrected chi connectivity index (χ3v) is 2.19. The second-order valence-corrected chi connectivity index (χ2v) is 3.08. The lowest BCUT2D eigenvalue weighted by atomic mass is 9.94. The average molecular weight is 177 g/mol. The molecule has 0 aromatic rings. The number of β-amino-alcohol motifs (C(OH)–C–C–N with tert-alkyl or cyclic N) is 1. The summed E-state index contributed by atoms with van der Waals surface area (Å²) in [4.78, 5) is 0. The number of rotatable bonds is 2. The predicted octanol–water partition coefficient (Wildman–Crippen LogP) is -2.58. The molecule has 0 spiro atoms. The van der Waals surface area contributed by atoms with Crippen LogP contribution in [-0.2, 0) is 0 Å². The summed E-state index contributed by atoms with van der Waals surface area (Å²) in [5.74, 6) is 0. The van der Waals surface area contributed by atoms with Crippen molar-refractivity contribution in [3.63, 3.8) is 0 Å². The molecule has 0 aromatic carbocycles. The van der Waals surface area contributed by atoms with Crippen molar-refractivity contribution in [3.05, 3.63) is 0 Å². The molecule has 72 valence electrons. The molecule has 0 aromatic heterocycles. The van der Waals surface area contributed by atoms with Gasteiger partial charge in [0, 0.05) is 19.2 Å². The second-order valence-electron chi connectivity index (χ2n) is 3.08. The SMILES string of the molecule is OCC[C@H]1NC[C@H](O)[C@H](O)[C@@H]1O. The molecule has 0 aliphatic carbocycles. The highest BCUT2D eigenvalue weighted by Crippen LogP contribution is 2.12. The molecule has 1 rings (SSSR count). The molecule has 0 radical (unpaired) electrons. The topological polar surface area (TPSA) is 93.0 Å². The summed E-state index contributed by atoms with van der Waals surface area (Å²) in [6.45, 7) is 0.209. The standard InChI is InChI=1S/C7H15NO4/c9-2-1-4-6(11)7(12)5(10)3-8-4/h4-12H,1-3H2/t4-,5+,6-,7+/m1/s1. The summed E-state index contributed by atoms with van der Waals surface area (Å²) in [5, 5.41) is 39.1. The zero-order chi connectivity index (χ0) is 9.14. The lowest BCUT2D eigenvalue weighted by Crippen LogP contribution is -2.59. The van der Waals surface area contributed by atoms with Crippen LogP contribution in [0, 0.1) is 0 Å². The fourth-order valence-electron chi connectivity index (χ4n) is 1.39. The van der Waals surface area contributed by atoms with Crippen molar-refractivity contribution in [2.75, 3.05) is 13.2 Å². The molecule has 1 aliphatic heterocycles. The maximum Gasteiger partial charge on any atom is 0.108 e. The van der Waals surface area contributed by atoms with Crippen molar-refractivity contribution in [2.24, 2.45) is 0 Å². The number of aliphatic hydroxyl groups is 4. The normalized spacial score (nSPS) is 43.0. The Morgan fingerprint density at radius 2 is 1.83 bits per heavy atom. The molecule has 1 heterocycles. The number of aliphatic hydroxyl groups excluding tert-OH is 4. The van der Waals surface area contributed by atoms with E-state index in [4.69, 9.17) is 10.2 Å². The Kier molecular flexibility index (Phi) is 3.42. The van der Waals surface area contributed by atoms with E-state index in [9.17, 15) is 10.2 Å². The first-order chi connectivity index (χ1) is 5.66. The number of piperidine rings is 1. The van der Waals surface area contributed by atoms with E-state index in [0.29, 0.717) is 6.42 Å². The molecule has 1 aliphatic rings. The Balaban J connectivity index is 2.46. The van der Waals surface area contributed by atoms with Gasteiger partial charge in [-0.15, -0.1) is 0 Å². The van der Waals surface area contributed by atoms with Gasteiger partial charge in [0.1, 0.15) is 6.10 Å². The fraction of sp³-hybridized carbons (Fsp3) is 1.00. The molecule has 0 amide bonds. The first-order valence-electron chi connectivity index (χ1n) is 4.05. The van der Waals surface area contributed by atoms with Gasteiger partial charge in [-0.1, -0.05) is 0 Å². The van der Waals surface area contributed by atoms with E-state index >= 15 is 0 Å². The van der Waals surface area contributed by atoms with Gasteiger partial charge in [-0.25, -0.2) is 0 Å². The van der Waals surface area contributed by atoms with Crippen LogP contribution in [0.5, 0.6) is 0 Å². The summed E-state index contributed by atoms with van der Waals surface area (Å²) in [7, 11) is 0. The Bertz CT molecular complexity index is 143. The van der Waals surface area contributed by atoms with Crippen LogP contribution in [0.1, 0.15) is 6.42 Å². The average Bonchev–Trinajstić information content (AvgIpc) is 2.07. The lowest BCUT2D eigenvalue weighted by Gasteiger charge is -2.35. The molecule has 5 heteroatoms. The Morgan fingerprint density at radius 1 is 1.17 bits per heavy atom. The van der Waals surface area contributed by atoms with Crippen molar-refractivity contribution in [2.45, 2.75) is 30.8 Å². The van der Waals surface area contributed by atoms with E-state index in [2.05, 4.69) is 5.32 Å². The van der Waals surface area contributed by atoms with E-state index in [1.165, 1.54) is 0 Å². The Labute approximate surface area is 70.6 Å². The minimum atomic E-state index is -1.11. The maximum absolute atomic E-state index is 9.36. The summed E-state index contributed by atoms with van der Waals surface area (Å²) in [5.41, 5.74) is 0. The Hall–Kier alpha value is -0.200. The van der Waals surface area contributed by atoms with Crippen LogP contribution >= 0.6 is 0 Å². The minimum Gasteiger partial charge on any atom is -0.396 e. The minimum absolute atomic E-state index is 0.0441. The monoisotopic (exact) mass is 177 g/mol. The molecule has 4 atom stereocenters. The van der Waals surface area contributed by atoms with Crippen molar-refractivity contribution in [3.8, 4) is 0 Å². The third kappa shape index (κ3) is 1.94. The van der Waals surface area contributed by atoms with E-state index in [-0.39, 0.29) is 19.2 Å². The molecular formula is C7H15NO4. The van der Waals surface area contributed by atoms with Crippen LogP contribution in [0.2, 0.25) is 0 Å². The van der Waals surface area contributed by atoms with Crippen molar-refractivity contribution in [1.82, 2.24) is 5.32 Å². The molecule has 1 saturated heterocycles. The number of hydrogen-bond acceptors (Lipinski definition) is 5. The molecule has 0 saturated carbocycles. The fourth-order valence-corrected chi connectivity index (χ4v) is 1.39. The van der Waals surface area contributed by atoms with Crippen LogP contribution in [0.15, 0.2) is 0 Å². The van der Waals surface area contributed by atoms with E-state index in [0.717, 1.165) is 0 Å². The summed E-state index contributed by atoms with van der Waals surface area (Å²) in [6.07, 6.45) is -2.65. The summed E-state index contributed by atoms with van der Waals surface area (Å²) in [6, 6.07) is -0.326. The number of nitrogens with one attached hydrogen (secondary N) is 1. The molecule has 5 N–H and O–H groups in total. The van der Waals surface area contributed by atoms with Gasteiger partial charge in [-0.2, -0.15) is 0 Å². The van der Waals surface area contributed by atoms with Crippen LogP contribution in [0.25, 0.3) is 0 Å². The zero-order valence-electron chi connectivity index (χ0n) is 6.72. The van der Waals surface area contributed by atoms with Gasteiger partial charge in [0.05, 0.1) is 12.2 Å². The molecule has 0 bridgehead atoms. The van der Waals surface area contributed by atoms with Gasteiger partial charge in [0.2, 0.25) is 0 Å². The summed E-state index contributed by atoms with van der Waals surface area (Å²) < 4.78 is 0. The smallest absolute Gasteiger partial charge is 0.108 e. The quantitative estimate of drug-likeness (QED) is 0.319. The van der Waals surface area contributed by atoms with E-state index in [1.807, 2.05) is 0 Å². The van der Waals surface area contributed by atoms with Gasteiger partial charge in [0.15, 0.2) is 0 Å². The van der Waals surface area contributed by atoms with Gasteiger partial charge in [0.25, 0.3) is 0 Å².